The molecule has 8 atom stereocenters. The molecule has 0 aliphatic carbocycles. The smallest absolute Gasteiger partial charge is 0.316 e. The normalized spacial score (nSPS) is 31.0. The van der Waals surface area contributed by atoms with Gasteiger partial charge in [-0.15, -0.1) is 0 Å². The van der Waals surface area contributed by atoms with Crippen LogP contribution in [-0.4, -0.2) is 85.4 Å². The molecule has 0 N–H and O–H groups in total. The zero-order valence-electron chi connectivity index (χ0n) is 24.4. The molecule has 0 radical (unpaired) electrons. The summed E-state index contributed by atoms with van der Waals surface area (Å²) in [6.45, 7) is 0.300. The highest BCUT2D eigenvalue weighted by Crippen LogP contribution is 2.37. The van der Waals surface area contributed by atoms with Gasteiger partial charge in [0.25, 0.3) is 0 Å². The maximum absolute atomic E-state index is 13.6. The Bertz CT molecular complexity index is 1060. The molecule has 41 heavy (non-hydrogen) atoms. The molecule has 2 aromatic carbocycles. The lowest BCUT2D eigenvalue weighted by atomic mass is 9.97. The third-order valence-electron chi connectivity index (χ3n) is 10.2. The van der Waals surface area contributed by atoms with Gasteiger partial charge in [-0.05, 0) is 76.6 Å². The first-order chi connectivity index (χ1) is 20.0. The molecule has 7 heteroatoms. The average molecular weight is 561 g/mol. The van der Waals surface area contributed by atoms with Crippen molar-refractivity contribution in [1.29, 1.82) is 0 Å². The molecule has 2 aromatic rings. The van der Waals surface area contributed by atoms with E-state index in [-0.39, 0.29) is 37.4 Å². The molecule has 7 nitrogen and oxygen atoms in total. The molecule has 6 rings (SSSR count). The van der Waals surface area contributed by atoms with E-state index in [2.05, 4.69) is 23.9 Å². The number of carbonyl (C=O) groups excluding carboxylic acids is 2. The zero-order chi connectivity index (χ0) is 28.3. The molecular weight excluding hydrogens is 516 g/mol. The molecule has 0 aromatic heterocycles. The fourth-order valence-electron chi connectivity index (χ4n) is 7.68. The Kier molecular flexibility index (Phi) is 8.75. The van der Waals surface area contributed by atoms with E-state index in [1.54, 1.807) is 0 Å². The van der Waals surface area contributed by atoms with Gasteiger partial charge in [0.1, 0.15) is 24.0 Å². The molecule has 0 saturated carbocycles. The Morgan fingerprint density at radius 2 is 0.976 bits per heavy atom. The summed E-state index contributed by atoms with van der Waals surface area (Å²) in [7, 11) is 4.37. The Labute approximate surface area is 244 Å². The highest BCUT2D eigenvalue weighted by Gasteiger charge is 2.42. The molecule has 220 valence electrons. The number of hydrogen-bond donors (Lipinski definition) is 0. The summed E-state index contributed by atoms with van der Waals surface area (Å²) in [6, 6.07) is 21.4. The Hall–Kier alpha value is -2.74. The van der Waals surface area contributed by atoms with Gasteiger partial charge in [-0.2, -0.15) is 0 Å². The van der Waals surface area contributed by atoms with Crippen LogP contribution in [-0.2, 0) is 23.8 Å². The van der Waals surface area contributed by atoms with Crippen LogP contribution < -0.4 is 0 Å². The molecule has 4 fully saturated rings. The van der Waals surface area contributed by atoms with Crippen molar-refractivity contribution in [3.05, 3.63) is 71.8 Å². The van der Waals surface area contributed by atoms with E-state index >= 15 is 0 Å². The first-order valence-electron chi connectivity index (χ1n) is 15.5. The number of hydrogen-bond acceptors (Lipinski definition) is 7. The topological polar surface area (TPSA) is 68.3 Å². The molecule has 4 aliphatic rings. The quantitative estimate of drug-likeness (QED) is 0.383. The Morgan fingerprint density at radius 3 is 1.32 bits per heavy atom. The van der Waals surface area contributed by atoms with Crippen LogP contribution in [0.4, 0.5) is 0 Å². The molecule has 4 aliphatic heterocycles. The van der Waals surface area contributed by atoms with Gasteiger partial charge >= 0.3 is 11.9 Å². The number of ether oxygens (including phenoxy) is 3. The van der Waals surface area contributed by atoms with Crippen molar-refractivity contribution in [1.82, 2.24) is 9.80 Å². The predicted molar refractivity (Wildman–Crippen MR) is 157 cm³/mol. The van der Waals surface area contributed by atoms with Crippen LogP contribution in [0.15, 0.2) is 60.7 Å². The predicted octanol–water partition coefficient (Wildman–Crippen LogP) is 4.91. The maximum atomic E-state index is 13.6. The number of piperidine rings is 2. The second kappa shape index (κ2) is 12.6. The van der Waals surface area contributed by atoms with Gasteiger partial charge in [0.2, 0.25) is 0 Å². The van der Waals surface area contributed by atoms with E-state index in [9.17, 15) is 9.59 Å². The van der Waals surface area contributed by atoms with Gasteiger partial charge in [0.05, 0.1) is 13.2 Å². The van der Waals surface area contributed by atoms with Gasteiger partial charge in [-0.3, -0.25) is 9.59 Å². The van der Waals surface area contributed by atoms with Crippen LogP contribution in [0.2, 0.25) is 0 Å². The summed E-state index contributed by atoms with van der Waals surface area (Å²) in [5.41, 5.74) is 1.74. The van der Waals surface area contributed by atoms with Gasteiger partial charge < -0.3 is 24.0 Å². The Balaban J connectivity index is 1.11. The lowest BCUT2D eigenvalue weighted by Gasteiger charge is -2.36. The number of rotatable bonds is 10. The van der Waals surface area contributed by atoms with Crippen molar-refractivity contribution >= 4 is 11.9 Å². The summed E-state index contributed by atoms with van der Waals surface area (Å²) in [6.07, 6.45) is 8.16. The van der Waals surface area contributed by atoms with Crippen molar-refractivity contribution in [3.63, 3.8) is 0 Å². The van der Waals surface area contributed by atoms with E-state index in [1.165, 1.54) is 25.7 Å². The van der Waals surface area contributed by atoms with Crippen LogP contribution in [0, 0.1) is 0 Å². The lowest BCUT2D eigenvalue weighted by molar-refractivity contribution is -0.157. The minimum Gasteiger partial charge on any atom is -0.462 e. The minimum absolute atomic E-state index is 0.0562. The van der Waals surface area contributed by atoms with Crippen molar-refractivity contribution in [2.75, 3.05) is 27.3 Å². The number of nitrogens with zero attached hydrogens (tertiary/aromatic N) is 2. The largest absolute Gasteiger partial charge is 0.462 e. The third-order valence-corrected chi connectivity index (χ3v) is 10.2. The Morgan fingerprint density at radius 1 is 0.634 bits per heavy atom. The summed E-state index contributed by atoms with van der Waals surface area (Å²) in [5, 5.41) is 0. The van der Waals surface area contributed by atoms with Crippen LogP contribution in [0.1, 0.15) is 74.3 Å². The second-order valence-corrected chi connectivity index (χ2v) is 12.6. The maximum Gasteiger partial charge on any atom is 0.316 e. The summed E-state index contributed by atoms with van der Waals surface area (Å²) in [4.78, 5) is 32.0. The van der Waals surface area contributed by atoms with Crippen LogP contribution in [0.5, 0.6) is 0 Å². The number of esters is 2. The van der Waals surface area contributed by atoms with E-state index in [1.807, 2.05) is 60.7 Å². The summed E-state index contributed by atoms with van der Waals surface area (Å²) < 4.78 is 18.5. The van der Waals surface area contributed by atoms with E-state index in [4.69, 9.17) is 14.2 Å². The molecule has 0 spiro atoms. The monoisotopic (exact) mass is 560 g/mol. The minimum atomic E-state index is -0.551. The molecule has 1 unspecified atom stereocenters. The number of carbonyl (C=O) groups is 2. The van der Waals surface area contributed by atoms with Crippen LogP contribution >= 0.6 is 0 Å². The van der Waals surface area contributed by atoms with Gasteiger partial charge in [-0.25, -0.2) is 0 Å². The molecule has 4 bridgehead atoms. The summed E-state index contributed by atoms with van der Waals surface area (Å²) in [5.74, 6) is -1.59. The van der Waals surface area contributed by atoms with Crippen LogP contribution in [0.3, 0.4) is 0 Å². The SMILES string of the molecule is CN1[C@@H]2CC[C@H]1C[C@@H](OC(=O)C(COC[C@@H](C(=O)O[C@H]1C[C@H]3CC[C@@H](C1)N3C)c1ccccc1)c1ccccc1)C2. The van der Waals surface area contributed by atoms with Gasteiger partial charge in [0.15, 0.2) is 0 Å². The standard InChI is InChI=1S/C34H44N2O5/c1-35-25-13-14-26(35)18-29(17-25)40-33(37)31(23-9-5-3-6-10-23)21-39-22-32(24-11-7-4-8-12-24)34(38)41-30-19-27-15-16-28(20-30)36(27)2/h3-12,25-32H,13-22H2,1-2H3/t25-,26+,27-,28+,29+,30+,31-,32?/m1/s1. The highest BCUT2D eigenvalue weighted by molar-refractivity contribution is 5.79. The highest BCUT2D eigenvalue weighted by atomic mass is 16.6. The van der Waals surface area contributed by atoms with E-state index in [0.717, 1.165) is 36.8 Å². The molecule has 4 heterocycles. The van der Waals surface area contributed by atoms with Gasteiger partial charge in [0, 0.05) is 24.2 Å². The fourth-order valence-corrected chi connectivity index (χ4v) is 7.68. The number of fused-ring (bicyclic) bond motifs is 4. The fraction of sp³-hybridized carbons (Fsp3) is 0.588. The molecule has 4 saturated heterocycles. The van der Waals surface area contributed by atoms with Gasteiger partial charge in [-0.1, -0.05) is 60.7 Å². The van der Waals surface area contributed by atoms with Crippen molar-refractivity contribution in [2.24, 2.45) is 0 Å². The molecular formula is C34H44N2O5. The van der Waals surface area contributed by atoms with Crippen molar-refractivity contribution < 1.29 is 23.8 Å². The first kappa shape index (κ1) is 28.4. The van der Waals surface area contributed by atoms with E-state index < -0.39 is 11.8 Å². The molecule has 0 amide bonds. The lowest BCUT2D eigenvalue weighted by Crippen LogP contribution is -2.44. The van der Waals surface area contributed by atoms with E-state index in [0.29, 0.717) is 24.2 Å². The number of benzene rings is 2. The van der Waals surface area contributed by atoms with Crippen molar-refractivity contribution in [3.8, 4) is 0 Å². The van der Waals surface area contributed by atoms with Crippen molar-refractivity contribution in [2.45, 2.75) is 99.6 Å². The third kappa shape index (κ3) is 6.37. The first-order valence-corrected chi connectivity index (χ1v) is 15.5. The average Bonchev–Trinajstić information content (AvgIpc) is 3.30. The summed E-state index contributed by atoms with van der Waals surface area (Å²) >= 11 is 0. The second-order valence-electron chi connectivity index (χ2n) is 12.6. The van der Waals surface area contributed by atoms with Crippen LogP contribution in [0.25, 0.3) is 0 Å². The zero-order valence-corrected chi connectivity index (χ0v) is 24.4.